The van der Waals surface area contributed by atoms with Crippen LogP contribution in [-0.4, -0.2) is 66.6 Å². The van der Waals surface area contributed by atoms with E-state index in [-0.39, 0.29) is 36.6 Å². The number of hydrogen-bond donors (Lipinski definition) is 1. The Morgan fingerprint density at radius 1 is 1.00 bits per heavy atom. The molecule has 45 heavy (non-hydrogen) atoms. The number of aliphatic hydroxyl groups is 1. The zero-order valence-corrected chi connectivity index (χ0v) is 26.4. The fraction of sp³-hybridized carbons (Fsp3) is 0.541. The summed E-state index contributed by atoms with van der Waals surface area (Å²) < 4.78 is 24.6. The summed E-state index contributed by atoms with van der Waals surface area (Å²) in [4.78, 5) is 41.9. The SMILES string of the molecule is CO[C@H]1C(=O)[C@]23C[C@H]2C[C@H]2OC[C@H]2C3[C@H](OC(=O)c2ccccc2)[C@]2(O)C[C@H](OC(=O)CCc3ccccc3)C(C)=C1C2(C)C. The van der Waals surface area contributed by atoms with Crippen molar-refractivity contribution in [1.82, 2.24) is 0 Å². The van der Waals surface area contributed by atoms with E-state index in [1.165, 1.54) is 7.11 Å². The first kappa shape index (κ1) is 30.3. The lowest BCUT2D eigenvalue weighted by Gasteiger charge is -2.61. The maximum atomic E-state index is 14.8. The number of rotatable bonds is 7. The number of esters is 2. The Bertz CT molecular complexity index is 1530. The highest BCUT2D eigenvalue weighted by molar-refractivity contribution is 5.96. The Morgan fingerprint density at radius 2 is 1.69 bits per heavy atom. The van der Waals surface area contributed by atoms with Crippen LogP contribution in [-0.2, 0) is 35.0 Å². The molecule has 1 unspecified atom stereocenters. The highest BCUT2D eigenvalue weighted by Crippen LogP contribution is 2.73. The van der Waals surface area contributed by atoms with Gasteiger partial charge in [-0.2, -0.15) is 0 Å². The van der Waals surface area contributed by atoms with Gasteiger partial charge in [0.1, 0.15) is 23.9 Å². The molecule has 1 aliphatic heterocycles. The van der Waals surface area contributed by atoms with Crippen molar-refractivity contribution < 1.29 is 38.4 Å². The Labute approximate surface area is 264 Å². The number of carbonyl (C=O) groups excluding carboxylic acids is 3. The molecule has 8 nitrogen and oxygen atoms in total. The molecule has 2 aromatic carbocycles. The van der Waals surface area contributed by atoms with Crippen molar-refractivity contribution >= 4 is 17.7 Å². The highest BCUT2D eigenvalue weighted by atomic mass is 16.6. The summed E-state index contributed by atoms with van der Waals surface area (Å²) in [5.74, 6) is -1.45. The van der Waals surface area contributed by atoms with Crippen LogP contribution in [0.3, 0.4) is 0 Å². The number of ether oxygens (including phenoxy) is 4. The molecule has 1 spiro atoms. The van der Waals surface area contributed by atoms with Gasteiger partial charge in [-0.15, -0.1) is 0 Å². The molecule has 1 saturated heterocycles. The molecule has 2 bridgehead atoms. The van der Waals surface area contributed by atoms with Gasteiger partial charge < -0.3 is 24.1 Å². The first-order valence-electron chi connectivity index (χ1n) is 16.1. The Kier molecular flexibility index (Phi) is 7.34. The minimum Gasteiger partial charge on any atom is -0.458 e. The van der Waals surface area contributed by atoms with Crippen LogP contribution in [0.5, 0.6) is 0 Å². The lowest BCUT2D eigenvalue weighted by Crippen LogP contribution is -2.71. The van der Waals surface area contributed by atoms with Crippen LogP contribution in [0, 0.1) is 28.6 Å². The highest BCUT2D eigenvalue weighted by Gasteiger charge is 2.78. The number of aryl methyl sites for hydroxylation is 1. The molecular formula is C37H42O8. The van der Waals surface area contributed by atoms with Gasteiger partial charge in [0.15, 0.2) is 5.78 Å². The maximum absolute atomic E-state index is 14.8. The predicted molar refractivity (Wildman–Crippen MR) is 164 cm³/mol. The van der Waals surface area contributed by atoms with Crippen molar-refractivity contribution in [3.63, 3.8) is 0 Å². The second-order valence-electron chi connectivity index (χ2n) is 14.2. The second kappa shape index (κ2) is 10.9. The number of methoxy groups -OCH3 is 1. The van der Waals surface area contributed by atoms with Gasteiger partial charge in [-0.25, -0.2) is 4.79 Å². The van der Waals surface area contributed by atoms with Crippen LogP contribution in [0.25, 0.3) is 0 Å². The average molecular weight is 615 g/mol. The van der Waals surface area contributed by atoms with Crippen LogP contribution < -0.4 is 0 Å². The second-order valence-corrected chi connectivity index (χ2v) is 14.2. The van der Waals surface area contributed by atoms with E-state index in [0.717, 1.165) is 12.0 Å². The normalized spacial score (nSPS) is 37.5. The summed E-state index contributed by atoms with van der Waals surface area (Å²) in [6.07, 6.45) is -0.727. The van der Waals surface area contributed by atoms with Crippen LogP contribution in [0.15, 0.2) is 71.8 Å². The van der Waals surface area contributed by atoms with E-state index in [1.54, 1.807) is 24.3 Å². The number of benzene rings is 2. The summed E-state index contributed by atoms with van der Waals surface area (Å²) in [6, 6.07) is 18.5. The topological polar surface area (TPSA) is 108 Å². The third kappa shape index (κ3) is 4.55. The largest absolute Gasteiger partial charge is 0.458 e. The lowest BCUT2D eigenvalue weighted by molar-refractivity contribution is -0.248. The molecular weight excluding hydrogens is 572 g/mol. The number of Topliss-reactive ketones (excluding diaryl/α,β-unsaturated/α-hetero) is 1. The molecule has 5 aliphatic rings. The van der Waals surface area contributed by atoms with Crippen LogP contribution in [0.1, 0.15) is 62.4 Å². The first-order valence-corrected chi connectivity index (χ1v) is 16.1. The molecule has 0 amide bonds. The Balaban J connectivity index is 1.32. The van der Waals surface area contributed by atoms with E-state index < -0.39 is 52.6 Å². The Hall–Kier alpha value is -3.33. The van der Waals surface area contributed by atoms with Gasteiger partial charge in [-0.1, -0.05) is 62.4 Å². The van der Waals surface area contributed by atoms with E-state index >= 15 is 0 Å². The Morgan fingerprint density at radius 3 is 2.33 bits per heavy atom. The van der Waals surface area contributed by atoms with Crippen molar-refractivity contribution in [3.8, 4) is 0 Å². The molecule has 238 valence electrons. The van der Waals surface area contributed by atoms with Crippen molar-refractivity contribution in [2.24, 2.45) is 28.6 Å². The smallest absolute Gasteiger partial charge is 0.338 e. The summed E-state index contributed by atoms with van der Waals surface area (Å²) in [5, 5.41) is 13.2. The van der Waals surface area contributed by atoms with Crippen molar-refractivity contribution in [2.45, 2.75) is 82.9 Å². The molecule has 9 atom stereocenters. The summed E-state index contributed by atoms with van der Waals surface area (Å²) >= 11 is 0. The van der Waals surface area contributed by atoms with Gasteiger partial charge in [-0.05, 0) is 60.9 Å². The fourth-order valence-electron chi connectivity index (χ4n) is 9.26. The average Bonchev–Trinajstić information content (AvgIpc) is 3.76. The number of carbonyl (C=O) groups is 3. The summed E-state index contributed by atoms with van der Waals surface area (Å²) in [7, 11) is 1.53. The molecule has 0 aromatic heterocycles. The monoisotopic (exact) mass is 614 g/mol. The molecule has 7 rings (SSSR count). The maximum Gasteiger partial charge on any atom is 0.338 e. The van der Waals surface area contributed by atoms with E-state index in [0.29, 0.717) is 36.2 Å². The van der Waals surface area contributed by atoms with E-state index in [9.17, 15) is 19.5 Å². The van der Waals surface area contributed by atoms with Crippen molar-refractivity contribution in [2.75, 3.05) is 13.7 Å². The van der Waals surface area contributed by atoms with Crippen LogP contribution in [0.2, 0.25) is 0 Å². The fourth-order valence-corrected chi connectivity index (χ4v) is 9.26. The third-order valence-electron chi connectivity index (χ3n) is 11.8. The van der Waals surface area contributed by atoms with Gasteiger partial charge in [0.25, 0.3) is 0 Å². The van der Waals surface area contributed by atoms with Crippen LogP contribution in [0.4, 0.5) is 0 Å². The predicted octanol–water partition coefficient (Wildman–Crippen LogP) is 4.87. The minimum atomic E-state index is -1.68. The molecule has 3 saturated carbocycles. The molecule has 8 heteroatoms. The quantitative estimate of drug-likeness (QED) is 0.348. The molecule has 0 radical (unpaired) electrons. The molecule has 4 aliphatic carbocycles. The van der Waals surface area contributed by atoms with E-state index in [1.807, 2.05) is 57.2 Å². The van der Waals surface area contributed by atoms with Gasteiger partial charge >= 0.3 is 11.9 Å². The number of fused-ring (bicyclic) bond motifs is 4. The zero-order valence-electron chi connectivity index (χ0n) is 26.4. The molecule has 1 heterocycles. The summed E-state index contributed by atoms with van der Waals surface area (Å²) in [5.41, 5.74) is -0.832. The first-order chi connectivity index (χ1) is 21.5. The zero-order chi connectivity index (χ0) is 31.7. The lowest BCUT2D eigenvalue weighted by atomic mass is 9.49. The molecule has 2 aromatic rings. The molecule has 4 fully saturated rings. The minimum absolute atomic E-state index is 0.0270. The van der Waals surface area contributed by atoms with Gasteiger partial charge in [0, 0.05) is 42.6 Å². The summed E-state index contributed by atoms with van der Waals surface area (Å²) in [6.45, 7) is 6.09. The van der Waals surface area contributed by atoms with Gasteiger partial charge in [0.05, 0.1) is 18.3 Å². The van der Waals surface area contributed by atoms with Crippen LogP contribution >= 0.6 is 0 Å². The van der Waals surface area contributed by atoms with E-state index in [2.05, 4.69) is 0 Å². The van der Waals surface area contributed by atoms with Gasteiger partial charge in [-0.3, -0.25) is 9.59 Å². The third-order valence-corrected chi connectivity index (χ3v) is 11.8. The number of hydrogen-bond acceptors (Lipinski definition) is 8. The molecule has 1 N–H and O–H groups in total. The van der Waals surface area contributed by atoms with Crippen molar-refractivity contribution in [3.05, 3.63) is 82.9 Å². The van der Waals surface area contributed by atoms with E-state index in [4.69, 9.17) is 18.9 Å². The van der Waals surface area contributed by atoms with Gasteiger partial charge in [0.2, 0.25) is 0 Å². The number of ketones is 1. The standard InChI is InChI=1S/C37H42O8/c1-21-27(44-28(38)16-15-22-11-7-5-8-12-22)19-37(41)33(45-34(40)23-13-9-6-10-14-23)30-25-20-43-26(25)17-24-18-36(24,30)32(39)31(42-4)29(21)35(37,2)3/h5-14,24-27,30-31,33,41H,15-20H2,1-4H3/t24-,25-,26-,27+,30?,31-,33+,36-,37-/m1/s1. The van der Waals surface area contributed by atoms with Crippen molar-refractivity contribution in [1.29, 1.82) is 0 Å².